The van der Waals surface area contributed by atoms with Gasteiger partial charge in [0, 0.05) is 7.11 Å². The number of sulfone groups is 1. The smallest absolute Gasteiger partial charge is 0.221 e. The molecule has 0 saturated carbocycles. The topological polar surface area (TPSA) is 69.4 Å². The van der Waals surface area contributed by atoms with E-state index in [1.54, 1.807) is 7.11 Å². The Hall–Kier alpha value is -1.40. The first-order chi connectivity index (χ1) is 10.1. The molecular weight excluding hydrogens is 290 g/mol. The minimum atomic E-state index is -2.85. The number of oxazole rings is 1. The number of ether oxygens (including phenoxy) is 1. The number of methoxy groups -OCH3 is 1. The van der Waals surface area contributed by atoms with Gasteiger partial charge in [-0.2, -0.15) is 0 Å². The molecule has 1 fully saturated rings. The fourth-order valence-electron chi connectivity index (χ4n) is 2.94. The average molecular weight is 309 g/mol. The molecule has 2 heterocycles. The fraction of sp³-hybridized carbons (Fsp3) is 0.533. The minimum absolute atomic E-state index is 0.214. The Morgan fingerprint density at radius 2 is 2.29 bits per heavy atom. The molecule has 1 aromatic heterocycles. The third-order valence-corrected chi connectivity index (χ3v) is 5.74. The predicted octanol–water partition coefficient (Wildman–Crippen LogP) is 2.34. The molecule has 0 spiro atoms. The third-order valence-electron chi connectivity index (χ3n) is 3.85. The van der Waals surface area contributed by atoms with Crippen LogP contribution in [0.15, 0.2) is 22.6 Å². The maximum atomic E-state index is 11.7. The fourth-order valence-corrected chi connectivity index (χ4v) is 4.72. The predicted molar refractivity (Wildman–Crippen MR) is 79.8 cm³/mol. The van der Waals surface area contributed by atoms with Crippen molar-refractivity contribution >= 4 is 20.9 Å². The zero-order chi connectivity index (χ0) is 14.9. The van der Waals surface area contributed by atoms with E-state index in [9.17, 15) is 8.42 Å². The van der Waals surface area contributed by atoms with Crippen LogP contribution in [0.2, 0.25) is 0 Å². The first-order valence-electron chi connectivity index (χ1n) is 7.13. The lowest BCUT2D eigenvalue weighted by atomic mass is 9.96. The second-order valence-corrected chi connectivity index (χ2v) is 7.90. The molecule has 21 heavy (non-hydrogen) atoms. The Kier molecular flexibility index (Phi) is 3.99. The Labute approximate surface area is 124 Å². The highest BCUT2D eigenvalue weighted by atomic mass is 32.2. The van der Waals surface area contributed by atoms with Crippen LogP contribution in [0.4, 0.5) is 0 Å². The van der Waals surface area contributed by atoms with Gasteiger partial charge in [-0.3, -0.25) is 0 Å². The largest absolute Gasteiger partial charge is 0.438 e. The maximum Gasteiger partial charge on any atom is 0.221 e. The van der Waals surface area contributed by atoms with Gasteiger partial charge in [-0.05, 0) is 42.9 Å². The van der Waals surface area contributed by atoms with E-state index in [1.807, 2.05) is 18.2 Å². The van der Waals surface area contributed by atoms with Crippen molar-refractivity contribution in [2.75, 3.05) is 18.6 Å². The molecule has 2 aromatic rings. The van der Waals surface area contributed by atoms with Gasteiger partial charge in [-0.15, -0.1) is 0 Å². The summed E-state index contributed by atoms with van der Waals surface area (Å²) in [6, 6.07) is 5.87. The molecular formula is C15H19NO4S. The lowest BCUT2D eigenvalue weighted by Gasteiger charge is -2.21. The van der Waals surface area contributed by atoms with E-state index in [-0.39, 0.29) is 5.92 Å². The normalized spacial score (nSPS) is 21.7. The van der Waals surface area contributed by atoms with Gasteiger partial charge in [0.25, 0.3) is 0 Å². The molecule has 1 aromatic carbocycles. The maximum absolute atomic E-state index is 11.7. The van der Waals surface area contributed by atoms with Gasteiger partial charge in [-0.25, -0.2) is 13.4 Å². The van der Waals surface area contributed by atoms with Crippen molar-refractivity contribution < 1.29 is 17.6 Å². The van der Waals surface area contributed by atoms with Gasteiger partial charge in [0.05, 0.1) is 11.5 Å². The van der Waals surface area contributed by atoms with E-state index in [2.05, 4.69) is 4.98 Å². The molecule has 5 nitrogen and oxygen atoms in total. The molecule has 3 rings (SSSR count). The molecule has 0 N–H and O–H groups in total. The van der Waals surface area contributed by atoms with Crippen LogP contribution in [0.3, 0.4) is 0 Å². The molecule has 1 atom stereocenters. The highest BCUT2D eigenvalue weighted by Gasteiger charge is 2.24. The van der Waals surface area contributed by atoms with Crippen molar-refractivity contribution in [1.82, 2.24) is 4.98 Å². The summed E-state index contributed by atoms with van der Waals surface area (Å²) in [5.41, 5.74) is 2.65. The third kappa shape index (κ3) is 3.44. The molecule has 0 bridgehead atoms. The standard InChI is InChI=1S/C15H19NO4S/c1-19-9-15-16-13-8-11(4-5-14(13)20-15)7-12-3-2-6-21(17,18)10-12/h4-5,8,12H,2-3,6-7,9-10H2,1H3. The van der Waals surface area contributed by atoms with Crippen LogP contribution in [0.1, 0.15) is 24.3 Å². The highest BCUT2D eigenvalue weighted by Crippen LogP contribution is 2.24. The number of rotatable bonds is 4. The van der Waals surface area contributed by atoms with Crippen LogP contribution < -0.4 is 0 Å². The lowest BCUT2D eigenvalue weighted by molar-refractivity contribution is 0.161. The molecule has 0 radical (unpaired) electrons. The number of hydrogen-bond donors (Lipinski definition) is 0. The van der Waals surface area contributed by atoms with Crippen molar-refractivity contribution in [3.8, 4) is 0 Å². The van der Waals surface area contributed by atoms with Crippen LogP contribution in [-0.4, -0.2) is 32.0 Å². The Bertz CT molecular complexity index is 735. The summed E-state index contributed by atoms with van der Waals surface area (Å²) in [6.45, 7) is 0.352. The first-order valence-corrected chi connectivity index (χ1v) is 8.95. The zero-order valence-corrected chi connectivity index (χ0v) is 12.9. The van der Waals surface area contributed by atoms with Gasteiger partial charge in [0.15, 0.2) is 15.4 Å². The Balaban J connectivity index is 1.77. The van der Waals surface area contributed by atoms with E-state index in [1.165, 1.54) is 0 Å². The number of benzene rings is 1. The summed E-state index contributed by atoms with van der Waals surface area (Å²) < 4.78 is 34.0. The van der Waals surface area contributed by atoms with Crippen molar-refractivity contribution in [1.29, 1.82) is 0 Å². The summed E-state index contributed by atoms with van der Waals surface area (Å²) in [4.78, 5) is 4.37. The summed E-state index contributed by atoms with van der Waals surface area (Å²) in [7, 11) is -1.25. The number of hydrogen-bond acceptors (Lipinski definition) is 5. The van der Waals surface area contributed by atoms with Gasteiger partial charge in [-0.1, -0.05) is 6.07 Å². The van der Waals surface area contributed by atoms with Gasteiger partial charge < -0.3 is 9.15 Å². The van der Waals surface area contributed by atoms with Crippen LogP contribution in [0.5, 0.6) is 0 Å². The average Bonchev–Trinajstić information content (AvgIpc) is 2.79. The number of nitrogens with zero attached hydrogens (tertiary/aromatic N) is 1. The van der Waals surface area contributed by atoms with Gasteiger partial charge >= 0.3 is 0 Å². The van der Waals surface area contributed by atoms with E-state index < -0.39 is 9.84 Å². The highest BCUT2D eigenvalue weighted by molar-refractivity contribution is 7.91. The monoisotopic (exact) mass is 309 g/mol. The summed E-state index contributed by atoms with van der Waals surface area (Å²) >= 11 is 0. The molecule has 1 aliphatic rings. The SMILES string of the molecule is COCc1nc2cc(CC3CCCS(=O)(=O)C3)ccc2o1. The second kappa shape index (κ2) is 5.77. The molecule has 114 valence electrons. The molecule has 0 aliphatic carbocycles. The summed E-state index contributed by atoms with van der Waals surface area (Å²) in [5.74, 6) is 1.42. The molecule has 1 aliphatic heterocycles. The lowest BCUT2D eigenvalue weighted by Crippen LogP contribution is -2.26. The van der Waals surface area contributed by atoms with E-state index >= 15 is 0 Å². The van der Waals surface area contributed by atoms with Crippen molar-refractivity contribution in [3.05, 3.63) is 29.7 Å². The Morgan fingerprint density at radius 3 is 3.05 bits per heavy atom. The molecule has 1 saturated heterocycles. The van der Waals surface area contributed by atoms with Crippen LogP contribution >= 0.6 is 0 Å². The van der Waals surface area contributed by atoms with Crippen molar-refractivity contribution in [2.45, 2.75) is 25.9 Å². The van der Waals surface area contributed by atoms with Crippen LogP contribution in [0.25, 0.3) is 11.1 Å². The van der Waals surface area contributed by atoms with E-state index in [0.717, 1.165) is 35.9 Å². The van der Waals surface area contributed by atoms with Gasteiger partial charge in [0.1, 0.15) is 12.1 Å². The second-order valence-electron chi connectivity index (χ2n) is 5.67. The minimum Gasteiger partial charge on any atom is -0.438 e. The van der Waals surface area contributed by atoms with Crippen LogP contribution in [-0.2, 0) is 27.6 Å². The van der Waals surface area contributed by atoms with E-state index in [0.29, 0.717) is 24.0 Å². The molecule has 0 amide bonds. The Morgan fingerprint density at radius 1 is 1.43 bits per heavy atom. The summed E-state index contributed by atoms with van der Waals surface area (Å²) in [5, 5.41) is 0. The molecule has 6 heteroatoms. The number of fused-ring (bicyclic) bond motifs is 1. The van der Waals surface area contributed by atoms with E-state index in [4.69, 9.17) is 9.15 Å². The van der Waals surface area contributed by atoms with Gasteiger partial charge in [0.2, 0.25) is 5.89 Å². The van der Waals surface area contributed by atoms with Crippen molar-refractivity contribution in [2.24, 2.45) is 5.92 Å². The zero-order valence-electron chi connectivity index (χ0n) is 12.0. The first kappa shape index (κ1) is 14.5. The number of aromatic nitrogens is 1. The molecule has 1 unspecified atom stereocenters. The van der Waals surface area contributed by atoms with Crippen LogP contribution in [0, 0.1) is 5.92 Å². The quantitative estimate of drug-likeness (QED) is 0.867. The summed E-state index contributed by atoms with van der Waals surface area (Å²) in [6.07, 6.45) is 2.53. The van der Waals surface area contributed by atoms with Crippen molar-refractivity contribution in [3.63, 3.8) is 0 Å².